The molecule has 0 aromatic heterocycles. The second-order valence-electron chi connectivity index (χ2n) is 9.16. The summed E-state index contributed by atoms with van der Waals surface area (Å²) < 4.78 is 33.3. The number of benzene rings is 2. The zero-order valence-electron chi connectivity index (χ0n) is 18.3. The van der Waals surface area contributed by atoms with Crippen LogP contribution in [0.15, 0.2) is 53.4 Å². The number of aryl methyl sites for hydroxylation is 1. The van der Waals surface area contributed by atoms with E-state index < -0.39 is 10.0 Å². The number of amides is 1. The molecule has 0 bridgehead atoms. The van der Waals surface area contributed by atoms with E-state index in [0.29, 0.717) is 37.2 Å². The van der Waals surface area contributed by atoms with Crippen LogP contribution in [0.2, 0.25) is 0 Å². The molecule has 1 fully saturated rings. The minimum Gasteiger partial charge on any atom is -0.487 e. The van der Waals surface area contributed by atoms with E-state index in [1.54, 1.807) is 30.3 Å². The summed E-state index contributed by atoms with van der Waals surface area (Å²) in [7, 11) is -3.51. The van der Waals surface area contributed by atoms with E-state index in [1.807, 2.05) is 39.0 Å². The Hall–Kier alpha value is -2.38. The lowest BCUT2D eigenvalue weighted by Gasteiger charge is -2.39. The maximum absolute atomic E-state index is 13.1. The maximum Gasteiger partial charge on any atom is 0.243 e. The van der Waals surface area contributed by atoms with Crippen molar-refractivity contribution in [3.63, 3.8) is 0 Å². The summed E-state index contributed by atoms with van der Waals surface area (Å²) in [6.07, 6.45) is 1.73. The lowest BCUT2D eigenvalue weighted by molar-refractivity contribution is -0.127. The summed E-state index contributed by atoms with van der Waals surface area (Å²) in [4.78, 5) is 13.4. The molecule has 2 heterocycles. The van der Waals surface area contributed by atoms with Gasteiger partial charge in [0, 0.05) is 31.0 Å². The number of hydrogen-bond acceptors (Lipinski definition) is 4. The van der Waals surface area contributed by atoms with Gasteiger partial charge in [-0.05, 0) is 57.4 Å². The zero-order chi connectivity index (χ0) is 22.2. The Bertz CT molecular complexity index is 1060. The predicted octanol–water partition coefficient (Wildman–Crippen LogP) is 3.81. The summed E-state index contributed by atoms with van der Waals surface area (Å²) >= 11 is 0. The molecular formula is C24H30N2O4S. The molecule has 0 aliphatic carbocycles. The first-order chi connectivity index (χ1) is 14.7. The normalized spacial score (nSPS) is 21.7. The predicted molar refractivity (Wildman–Crippen MR) is 119 cm³/mol. The summed E-state index contributed by atoms with van der Waals surface area (Å²) in [5.41, 5.74) is 1.75. The van der Waals surface area contributed by atoms with E-state index in [-0.39, 0.29) is 23.5 Å². The number of carbonyl (C=O) groups is 1. The van der Waals surface area contributed by atoms with Crippen molar-refractivity contribution < 1.29 is 17.9 Å². The van der Waals surface area contributed by atoms with Gasteiger partial charge in [0.05, 0.1) is 10.9 Å². The van der Waals surface area contributed by atoms with Crippen LogP contribution in [0.5, 0.6) is 5.75 Å². The molecule has 0 saturated carbocycles. The van der Waals surface area contributed by atoms with Gasteiger partial charge >= 0.3 is 0 Å². The highest BCUT2D eigenvalue weighted by Gasteiger charge is 2.37. The molecule has 2 aliphatic rings. The first kappa shape index (κ1) is 21.8. The fourth-order valence-corrected chi connectivity index (χ4v) is 5.97. The number of carbonyl (C=O) groups excluding carboxylic acids is 1. The number of nitrogens with zero attached hydrogens (tertiary/aromatic N) is 1. The fraction of sp³-hybridized carbons (Fsp3) is 0.458. The lowest BCUT2D eigenvalue weighted by atomic mass is 9.88. The molecule has 1 amide bonds. The molecule has 166 valence electrons. The van der Waals surface area contributed by atoms with Crippen molar-refractivity contribution in [2.75, 3.05) is 13.1 Å². The average Bonchev–Trinajstić information content (AvgIpc) is 2.73. The molecule has 6 nitrogen and oxygen atoms in total. The van der Waals surface area contributed by atoms with E-state index in [1.165, 1.54) is 4.31 Å². The number of fused-ring (bicyclic) bond motifs is 1. The van der Waals surface area contributed by atoms with Gasteiger partial charge in [-0.15, -0.1) is 0 Å². The molecule has 31 heavy (non-hydrogen) atoms. The first-order valence-corrected chi connectivity index (χ1v) is 12.2. The Morgan fingerprint density at radius 1 is 1.10 bits per heavy atom. The summed E-state index contributed by atoms with van der Waals surface area (Å²) in [6, 6.07) is 14.4. The molecule has 2 aromatic carbocycles. The fourth-order valence-electron chi connectivity index (χ4n) is 4.48. The molecule has 1 atom stereocenters. The summed E-state index contributed by atoms with van der Waals surface area (Å²) in [5, 5.41) is 3.22. The standard InChI is InChI=1S/C24H30N2O4S/c1-17-9-10-20-21(16-24(2,3)30-22(20)15-17)25-23(27)18-11-13-26(14-12-18)31(28,29)19-7-5-4-6-8-19/h4-10,15,18,21H,11-14,16H2,1-3H3,(H,25,27)/t21-/m1/s1. The Morgan fingerprint density at radius 3 is 2.45 bits per heavy atom. The molecule has 0 spiro atoms. The first-order valence-electron chi connectivity index (χ1n) is 10.8. The van der Waals surface area contributed by atoms with Crippen molar-refractivity contribution in [2.24, 2.45) is 5.92 Å². The number of rotatable bonds is 4. The van der Waals surface area contributed by atoms with Gasteiger partial charge in [0.1, 0.15) is 11.4 Å². The van der Waals surface area contributed by atoms with Crippen LogP contribution in [0.3, 0.4) is 0 Å². The third kappa shape index (κ3) is 4.62. The van der Waals surface area contributed by atoms with Crippen LogP contribution in [0.25, 0.3) is 0 Å². The number of piperidine rings is 1. The monoisotopic (exact) mass is 442 g/mol. The highest BCUT2D eigenvalue weighted by atomic mass is 32.2. The summed E-state index contributed by atoms with van der Waals surface area (Å²) in [5.74, 6) is 0.624. The third-order valence-electron chi connectivity index (χ3n) is 6.15. The Balaban J connectivity index is 1.42. The van der Waals surface area contributed by atoms with E-state index >= 15 is 0 Å². The van der Waals surface area contributed by atoms with Gasteiger partial charge in [-0.25, -0.2) is 8.42 Å². The van der Waals surface area contributed by atoms with E-state index in [4.69, 9.17) is 4.74 Å². The second kappa shape index (κ2) is 8.28. The van der Waals surface area contributed by atoms with Gasteiger partial charge in [0.25, 0.3) is 0 Å². The quantitative estimate of drug-likeness (QED) is 0.781. The van der Waals surface area contributed by atoms with Crippen molar-refractivity contribution in [3.05, 3.63) is 59.7 Å². The van der Waals surface area contributed by atoms with Gasteiger partial charge in [0.2, 0.25) is 15.9 Å². The number of ether oxygens (including phenoxy) is 1. The van der Waals surface area contributed by atoms with E-state index in [2.05, 4.69) is 5.32 Å². The van der Waals surface area contributed by atoms with Crippen molar-refractivity contribution >= 4 is 15.9 Å². The number of sulfonamides is 1. The van der Waals surface area contributed by atoms with E-state index in [0.717, 1.165) is 16.9 Å². The van der Waals surface area contributed by atoms with Gasteiger partial charge in [0.15, 0.2) is 0 Å². The molecule has 4 rings (SSSR count). The Morgan fingerprint density at radius 2 is 1.77 bits per heavy atom. The number of hydrogen-bond donors (Lipinski definition) is 1. The van der Waals surface area contributed by atoms with Gasteiger partial charge in [-0.3, -0.25) is 4.79 Å². The van der Waals surface area contributed by atoms with Crippen LogP contribution in [0.4, 0.5) is 0 Å². The average molecular weight is 443 g/mol. The minimum absolute atomic E-state index is 0.00835. The van der Waals surface area contributed by atoms with Gasteiger partial charge < -0.3 is 10.1 Å². The third-order valence-corrected chi connectivity index (χ3v) is 8.06. The highest BCUT2D eigenvalue weighted by molar-refractivity contribution is 7.89. The topological polar surface area (TPSA) is 75.7 Å². The lowest BCUT2D eigenvalue weighted by Crippen LogP contribution is -2.46. The van der Waals surface area contributed by atoms with Crippen LogP contribution < -0.4 is 10.1 Å². The van der Waals surface area contributed by atoms with Gasteiger partial charge in [-0.2, -0.15) is 4.31 Å². The second-order valence-corrected chi connectivity index (χ2v) is 11.1. The maximum atomic E-state index is 13.1. The van der Waals surface area contributed by atoms with Crippen molar-refractivity contribution in [1.82, 2.24) is 9.62 Å². The zero-order valence-corrected chi connectivity index (χ0v) is 19.1. The van der Waals surface area contributed by atoms with Crippen molar-refractivity contribution in [2.45, 2.75) is 56.6 Å². The Labute approximate surface area is 184 Å². The highest BCUT2D eigenvalue weighted by Crippen LogP contribution is 2.40. The van der Waals surface area contributed by atoms with Crippen LogP contribution >= 0.6 is 0 Å². The molecule has 0 unspecified atom stereocenters. The minimum atomic E-state index is -3.51. The van der Waals surface area contributed by atoms with Crippen molar-refractivity contribution in [3.8, 4) is 5.75 Å². The van der Waals surface area contributed by atoms with Gasteiger partial charge in [-0.1, -0.05) is 30.3 Å². The number of nitrogens with one attached hydrogen (secondary N) is 1. The molecule has 1 N–H and O–H groups in total. The largest absolute Gasteiger partial charge is 0.487 e. The molecule has 1 saturated heterocycles. The Kier molecular flexibility index (Phi) is 5.83. The van der Waals surface area contributed by atoms with Crippen LogP contribution in [-0.2, 0) is 14.8 Å². The summed E-state index contributed by atoms with van der Waals surface area (Å²) in [6.45, 7) is 6.79. The SMILES string of the molecule is Cc1ccc2c(c1)OC(C)(C)C[C@H]2NC(=O)C1CCN(S(=O)(=O)c2ccccc2)CC1. The van der Waals surface area contributed by atoms with E-state index in [9.17, 15) is 13.2 Å². The van der Waals surface area contributed by atoms with Crippen LogP contribution in [0.1, 0.15) is 50.3 Å². The molecule has 0 radical (unpaired) electrons. The van der Waals surface area contributed by atoms with Crippen molar-refractivity contribution in [1.29, 1.82) is 0 Å². The molecular weight excluding hydrogens is 412 g/mol. The van der Waals surface area contributed by atoms with Crippen LogP contribution in [0, 0.1) is 12.8 Å². The van der Waals surface area contributed by atoms with Crippen LogP contribution in [-0.4, -0.2) is 37.3 Å². The molecule has 2 aromatic rings. The molecule has 7 heteroatoms. The smallest absolute Gasteiger partial charge is 0.243 e. The molecule has 2 aliphatic heterocycles.